The molecule has 3 aromatic carbocycles. The Balaban J connectivity index is 1.54. The molecule has 0 bridgehead atoms. The number of halogens is 2. The second-order valence-electron chi connectivity index (χ2n) is 7.67. The fourth-order valence-corrected chi connectivity index (χ4v) is 4.25. The first kappa shape index (κ1) is 25.8. The van der Waals surface area contributed by atoms with Crippen LogP contribution in [0.3, 0.4) is 0 Å². The van der Waals surface area contributed by atoms with Gasteiger partial charge in [-0.3, -0.25) is 19.7 Å². The van der Waals surface area contributed by atoms with Crippen LogP contribution in [0.25, 0.3) is 6.08 Å². The SMILES string of the molecule is COc1cc(/C=C2/C(=O)NC(=O)N(c3ccccc3)C2=O)cc(I)c1OCC(=O)Nc1ccc(F)cc1. The van der Waals surface area contributed by atoms with Gasteiger partial charge in [0.05, 0.1) is 16.4 Å². The van der Waals surface area contributed by atoms with E-state index in [1.165, 1.54) is 43.5 Å². The number of carbonyl (C=O) groups excluding carboxylic acids is 4. The highest BCUT2D eigenvalue weighted by atomic mass is 127. The van der Waals surface area contributed by atoms with E-state index in [9.17, 15) is 23.6 Å². The van der Waals surface area contributed by atoms with Gasteiger partial charge in [-0.25, -0.2) is 14.1 Å². The number of hydrogen-bond acceptors (Lipinski definition) is 6. The zero-order chi connectivity index (χ0) is 26.5. The third kappa shape index (κ3) is 5.94. The predicted molar refractivity (Wildman–Crippen MR) is 142 cm³/mol. The number of hydrogen-bond donors (Lipinski definition) is 2. The molecule has 0 unspecified atom stereocenters. The van der Waals surface area contributed by atoms with Crippen molar-refractivity contribution >= 4 is 63.8 Å². The van der Waals surface area contributed by atoms with Crippen molar-refractivity contribution in [2.24, 2.45) is 0 Å². The van der Waals surface area contributed by atoms with E-state index in [0.717, 1.165) is 4.90 Å². The molecule has 9 nitrogen and oxygen atoms in total. The number of amides is 5. The molecule has 11 heteroatoms. The highest BCUT2D eigenvalue weighted by molar-refractivity contribution is 14.1. The van der Waals surface area contributed by atoms with Gasteiger partial charge < -0.3 is 14.8 Å². The predicted octanol–water partition coefficient (Wildman–Crippen LogP) is 4.12. The number of nitrogens with zero attached hydrogens (tertiary/aromatic N) is 1. The summed E-state index contributed by atoms with van der Waals surface area (Å²) >= 11 is 1.97. The summed E-state index contributed by atoms with van der Waals surface area (Å²) in [6, 6.07) is 15.9. The van der Waals surface area contributed by atoms with Crippen LogP contribution < -0.4 is 25.0 Å². The van der Waals surface area contributed by atoms with Crippen LogP contribution in [0.1, 0.15) is 5.56 Å². The van der Waals surface area contributed by atoms with E-state index in [1.54, 1.807) is 36.4 Å². The second-order valence-corrected chi connectivity index (χ2v) is 8.83. The summed E-state index contributed by atoms with van der Waals surface area (Å²) in [6.07, 6.45) is 1.34. The number of carbonyl (C=O) groups is 4. The van der Waals surface area contributed by atoms with Gasteiger partial charge in [-0.15, -0.1) is 0 Å². The molecule has 1 aliphatic rings. The summed E-state index contributed by atoms with van der Waals surface area (Å²) < 4.78 is 24.6. The quantitative estimate of drug-likeness (QED) is 0.235. The molecule has 0 saturated carbocycles. The number of methoxy groups -OCH3 is 1. The van der Waals surface area contributed by atoms with Crippen molar-refractivity contribution in [3.05, 3.63) is 87.3 Å². The van der Waals surface area contributed by atoms with Crippen molar-refractivity contribution in [3.8, 4) is 11.5 Å². The zero-order valence-electron chi connectivity index (χ0n) is 19.3. The fraction of sp³-hybridized carbons (Fsp3) is 0.0769. The Morgan fingerprint density at radius 3 is 2.46 bits per heavy atom. The van der Waals surface area contributed by atoms with E-state index in [2.05, 4.69) is 10.6 Å². The highest BCUT2D eigenvalue weighted by Crippen LogP contribution is 2.35. The van der Waals surface area contributed by atoms with Crippen LogP contribution >= 0.6 is 22.6 Å². The molecule has 0 aliphatic carbocycles. The number of anilines is 2. The molecule has 1 saturated heterocycles. The maximum Gasteiger partial charge on any atom is 0.335 e. The molecule has 0 atom stereocenters. The molecule has 0 aromatic heterocycles. The van der Waals surface area contributed by atoms with Crippen LogP contribution in [-0.2, 0) is 14.4 Å². The molecular formula is C26H19FIN3O6. The molecular weight excluding hydrogens is 596 g/mol. The Bertz CT molecular complexity index is 1410. The summed E-state index contributed by atoms with van der Waals surface area (Å²) in [5.74, 6) is -1.95. The monoisotopic (exact) mass is 615 g/mol. The maximum absolute atomic E-state index is 13.1. The average molecular weight is 615 g/mol. The number of benzene rings is 3. The Kier molecular flexibility index (Phi) is 7.82. The van der Waals surface area contributed by atoms with Crippen molar-refractivity contribution in [1.82, 2.24) is 5.32 Å². The lowest BCUT2D eigenvalue weighted by Crippen LogP contribution is -2.54. The minimum Gasteiger partial charge on any atom is -0.493 e. The summed E-state index contributed by atoms with van der Waals surface area (Å²) in [5.41, 5.74) is 0.925. The molecule has 5 amide bonds. The van der Waals surface area contributed by atoms with Gasteiger partial charge in [-0.1, -0.05) is 18.2 Å². The average Bonchev–Trinajstić information content (AvgIpc) is 2.87. The number of ether oxygens (including phenoxy) is 2. The third-order valence-electron chi connectivity index (χ3n) is 5.15. The molecule has 37 heavy (non-hydrogen) atoms. The van der Waals surface area contributed by atoms with Crippen molar-refractivity contribution in [2.45, 2.75) is 0 Å². The molecule has 1 aliphatic heterocycles. The lowest BCUT2D eigenvalue weighted by atomic mass is 10.1. The summed E-state index contributed by atoms with van der Waals surface area (Å²) in [5, 5.41) is 4.77. The van der Waals surface area contributed by atoms with E-state index in [0.29, 0.717) is 20.5 Å². The Morgan fingerprint density at radius 2 is 1.78 bits per heavy atom. The smallest absolute Gasteiger partial charge is 0.335 e. The first-order chi connectivity index (χ1) is 17.8. The van der Waals surface area contributed by atoms with Crippen molar-refractivity contribution in [3.63, 3.8) is 0 Å². The molecule has 3 aromatic rings. The van der Waals surface area contributed by atoms with Crippen LogP contribution in [0.5, 0.6) is 11.5 Å². The molecule has 188 valence electrons. The number of para-hydroxylation sites is 1. The molecule has 2 N–H and O–H groups in total. The molecule has 0 spiro atoms. The number of rotatable bonds is 7. The van der Waals surface area contributed by atoms with Gasteiger partial charge in [-0.2, -0.15) is 0 Å². The van der Waals surface area contributed by atoms with Crippen LogP contribution in [-0.4, -0.2) is 37.5 Å². The van der Waals surface area contributed by atoms with Gasteiger partial charge >= 0.3 is 6.03 Å². The van der Waals surface area contributed by atoms with Crippen LogP contribution in [0.2, 0.25) is 0 Å². The topological polar surface area (TPSA) is 114 Å². The van der Waals surface area contributed by atoms with Crippen LogP contribution in [0, 0.1) is 9.39 Å². The van der Waals surface area contributed by atoms with Gasteiger partial charge in [0, 0.05) is 5.69 Å². The van der Waals surface area contributed by atoms with E-state index in [-0.39, 0.29) is 23.7 Å². The number of barbiturate groups is 1. The number of imide groups is 2. The normalized spacial score (nSPS) is 14.4. The van der Waals surface area contributed by atoms with Crippen LogP contribution in [0.15, 0.2) is 72.3 Å². The Morgan fingerprint density at radius 1 is 1.08 bits per heavy atom. The standard InChI is InChI=1S/C26H19FIN3O6/c1-36-21-13-15(11-19-24(33)30-26(35)31(25(19)34)18-5-3-2-4-6-18)12-20(28)23(21)37-14-22(32)29-17-9-7-16(27)8-10-17/h2-13H,14H2,1H3,(H,29,32)(H,30,33,35)/b19-11-. The molecule has 4 rings (SSSR count). The molecule has 1 heterocycles. The van der Waals surface area contributed by atoms with Crippen LogP contribution in [0.4, 0.5) is 20.6 Å². The Hall–Kier alpha value is -4.26. The maximum atomic E-state index is 13.1. The van der Waals surface area contributed by atoms with Gasteiger partial charge in [0.2, 0.25) is 0 Å². The Labute approximate surface area is 224 Å². The number of nitrogens with one attached hydrogen (secondary N) is 2. The summed E-state index contributed by atoms with van der Waals surface area (Å²) in [4.78, 5) is 51.0. The third-order valence-corrected chi connectivity index (χ3v) is 5.96. The minimum absolute atomic E-state index is 0.242. The first-order valence-electron chi connectivity index (χ1n) is 10.8. The fourth-order valence-electron chi connectivity index (χ4n) is 3.47. The van der Waals surface area contributed by atoms with E-state index in [1.807, 2.05) is 22.6 Å². The van der Waals surface area contributed by atoms with Crippen molar-refractivity contribution in [2.75, 3.05) is 23.9 Å². The van der Waals surface area contributed by atoms with Crippen molar-refractivity contribution in [1.29, 1.82) is 0 Å². The van der Waals surface area contributed by atoms with Gasteiger partial charge in [-0.05, 0) is 82.8 Å². The summed E-state index contributed by atoms with van der Waals surface area (Å²) in [7, 11) is 1.40. The molecule has 0 radical (unpaired) electrons. The van der Waals surface area contributed by atoms with Gasteiger partial charge in [0.25, 0.3) is 17.7 Å². The van der Waals surface area contributed by atoms with Gasteiger partial charge in [0.1, 0.15) is 11.4 Å². The first-order valence-corrected chi connectivity index (χ1v) is 11.9. The minimum atomic E-state index is -0.840. The lowest BCUT2D eigenvalue weighted by Gasteiger charge is -2.26. The second kappa shape index (κ2) is 11.2. The van der Waals surface area contributed by atoms with E-state index < -0.39 is 29.6 Å². The highest BCUT2D eigenvalue weighted by Gasteiger charge is 2.36. The van der Waals surface area contributed by atoms with E-state index >= 15 is 0 Å². The zero-order valence-corrected chi connectivity index (χ0v) is 21.4. The summed E-state index contributed by atoms with van der Waals surface area (Å²) in [6.45, 7) is -0.348. The van der Waals surface area contributed by atoms with Crippen molar-refractivity contribution < 1.29 is 33.0 Å². The lowest BCUT2D eigenvalue weighted by molar-refractivity contribution is -0.122. The van der Waals surface area contributed by atoms with E-state index in [4.69, 9.17) is 9.47 Å². The number of urea groups is 1. The molecule has 1 fully saturated rings. The van der Waals surface area contributed by atoms with Gasteiger partial charge in [0.15, 0.2) is 18.1 Å². The largest absolute Gasteiger partial charge is 0.493 e.